The van der Waals surface area contributed by atoms with Crippen LogP contribution in [0.1, 0.15) is 32.1 Å². The van der Waals surface area contributed by atoms with Crippen molar-refractivity contribution in [2.75, 3.05) is 5.32 Å². The Balaban J connectivity index is 0.00000225. The number of fused-ring (bicyclic) bond motifs is 2. The molecule has 3 rings (SSSR count). The first-order chi connectivity index (χ1) is 11.3. The summed E-state index contributed by atoms with van der Waals surface area (Å²) in [6.45, 7) is 0. The van der Waals surface area contributed by atoms with Gasteiger partial charge in [0.2, 0.25) is 5.91 Å². The van der Waals surface area contributed by atoms with E-state index in [0.717, 1.165) is 19.3 Å². The third kappa shape index (κ3) is 4.79. The van der Waals surface area contributed by atoms with Crippen molar-refractivity contribution in [1.29, 1.82) is 0 Å². The SMILES string of the molecule is Cl.NC1C2CCCC1CC(C(=O)Nc1ccccc1OC(F)(F)F)C2. The molecular weight excluding hydrogens is 357 g/mol. The van der Waals surface area contributed by atoms with E-state index >= 15 is 0 Å². The molecule has 8 heteroatoms. The summed E-state index contributed by atoms with van der Waals surface area (Å²) in [5, 5.41) is 2.60. The highest BCUT2D eigenvalue weighted by molar-refractivity contribution is 5.94. The number of benzene rings is 1. The number of carbonyl (C=O) groups excluding carboxylic acids is 1. The van der Waals surface area contributed by atoms with Crippen molar-refractivity contribution < 1.29 is 22.7 Å². The number of halogens is 4. The predicted molar refractivity (Wildman–Crippen MR) is 90.5 cm³/mol. The molecule has 4 nitrogen and oxygen atoms in total. The third-order valence-electron chi connectivity index (χ3n) is 5.15. The van der Waals surface area contributed by atoms with Crippen LogP contribution in [0.2, 0.25) is 0 Å². The molecule has 0 saturated heterocycles. The Morgan fingerprint density at radius 3 is 2.36 bits per heavy atom. The van der Waals surface area contributed by atoms with Gasteiger partial charge in [-0.25, -0.2) is 0 Å². The Bertz CT molecular complexity index is 598. The minimum Gasteiger partial charge on any atom is -0.404 e. The number of nitrogens with one attached hydrogen (secondary N) is 1. The van der Waals surface area contributed by atoms with Gasteiger partial charge in [-0.05, 0) is 49.7 Å². The number of amides is 1. The predicted octanol–water partition coefficient (Wildman–Crippen LogP) is 4.10. The van der Waals surface area contributed by atoms with Crippen molar-refractivity contribution in [3.63, 3.8) is 0 Å². The van der Waals surface area contributed by atoms with Crippen LogP contribution in [0.4, 0.5) is 18.9 Å². The first kappa shape index (κ1) is 19.8. The van der Waals surface area contributed by atoms with Gasteiger partial charge < -0.3 is 15.8 Å². The zero-order valence-electron chi connectivity index (χ0n) is 13.6. The van der Waals surface area contributed by atoms with Crippen molar-refractivity contribution in [3.8, 4) is 5.75 Å². The van der Waals surface area contributed by atoms with Crippen LogP contribution in [0.3, 0.4) is 0 Å². The second-order valence-corrected chi connectivity index (χ2v) is 6.73. The summed E-state index contributed by atoms with van der Waals surface area (Å²) in [4.78, 5) is 12.5. The molecule has 2 aliphatic rings. The van der Waals surface area contributed by atoms with E-state index in [1.807, 2.05) is 0 Å². The van der Waals surface area contributed by atoms with E-state index in [0.29, 0.717) is 24.7 Å². The number of nitrogens with two attached hydrogens (primary N) is 1. The molecule has 3 N–H and O–H groups in total. The van der Waals surface area contributed by atoms with Gasteiger partial charge in [0.25, 0.3) is 0 Å². The van der Waals surface area contributed by atoms with E-state index in [-0.39, 0.29) is 36.0 Å². The van der Waals surface area contributed by atoms with Crippen LogP contribution >= 0.6 is 12.4 Å². The summed E-state index contributed by atoms with van der Waals surface area (Å²) < 4.78 is 41.4. The molecular formula is C17H22ClF3N2O2. The number of hydrogen-bond donors (Lipinski definition) is 2. The molecule has 0 radical (unpaired) electrons. The second-order valence-electron chi connectivity index (χ2n) is 6.73. The van der Waals surface area contributed by atoms with Crippen molar-refractivity contribution >= 4 is 24.0 Å². The highest BCUT2D eigenvalue weighted by Crippen LogP contribution is 2.42. The lowest BCUT2D eigenvalue weighted by atomic mass is 9.65. The maximum atomic E-state index is 12.5. The molecule has 0 heterocycles. The molecule has 0 spiro atoms. The monoisotopic (exact) mass is 378 g/mol. The van der Waals surface area contributed by atoms with E-state index in [1.165, 1.54) is 18.2 Å². The maximum absolute atomic E-state index is 12.5. The number of ether oxygens (including phenoxy) is 1. The van der Waals surface area contributed by atoms with Crippen LogP contribution in [0.25, 0.3) is 0 Å². The maximum Gasteiger partial charge on any atom is 0.573 e. The molecule has 2 bridgehead atoms. The summed E-state index contributed by atoms with van der Waals surface area (Å²) in [7, 11) is 0. The van der Waals surface area contributed by atoms with Crippen LogP contribution in [0.15, 0.2) is 24.3 Å². The Kier molecular flexibility index (Phi) is 6.21. The Morgan fingerprint density at radius 1 is 1.16 bits per heavy atom. The number of para-hydroxylation sites is 2. The Hall–Kier alpha value is -1.47. The first-order valence-electron chi connectivity index (χ1n) is 8.24. The van der Waals surface area contributed by atoms with Gasteiger partial charge in [-0.15, -0.1) is 25.6 Å². The molecule has 2 aliphatic carbocycles. The Labute approximate surface area is 150 Å². The highest BCUT2D eigenvalue weighted by Gasteiger charge is 2.40. The normalized spacial score (nSPS) is 28.6. The minimum atomic E-state index is -4.80. The number of rotatable bonds is 3. The molecule has 140 valence electrons. The fraction of sp³-hybridized carbons (Fsp3) is 0.588. The minimum absolute atomic E-state index is 0. The van der Waals surface area contributed by atoms with Gasteiger partial charge in [-0.3, -0.25) is 4.79 Å². The molecule has 1 aromatic carbocycles. The van der Waals surface area contributed by atoms with Crippen LogP contribution in [-0.4, -0.2) is 18.3 Å². The smallest absolute Gasteiger partial charge is 0.404 e. The summed E-state index contributed by atoms with van der Waals surface area (Å²) in [5.74, 6) is -0.202. The summed E-state index contributed by atoms with van der Waals surface area (Å²) in [6.07, 6.45) is -0.211. The lowest BCUT2D eigenvalue weighted by Gasteiger charge is -2.43. The average Bonchev–Trinajstić information content (AvgIpc) is 2.47. The van der Waals surface area contributed by atoms with E-state index < -0.39 is 12.1 Å². The van der Waals surface area contributed by atoms with Gasteiger partial charge in [-0.2, -0.15) is 0 Å². The van der Waals surface area contributed by atoms with Gasteiger partial charge >= 0.3 is 6.36 Å². The fourth-order valence-corrected chi connectivity index (χ4v) is 4.02. The second kappa shape index (κ2) is 7.83. The molecule has 0 aromatic heterocycles. The zero-order valence-corrected chi connectivity index (χ0v) is 14.4. The van der Waals surface area contributed by atoms with Gasteiger partial charge in [0.15, 0.2) is 5.75 Å². The van der Waals surface area contributed by atoms with E-state index in [9.17, 15) is 18.0 Å². The topological polar surface area (TPSA) is 64.4 Å². The molecule has 2 atom stereocenters. The van der Waals surface area contributed by atoms with Gasteiger partial charge in [0.1, 0.15) is 0 Å². The summed E-state index contributed by atoms with van der Waals surface area (Å²) in [6, 6.07) is 5.73. The number of carbonyl (C=O) groups is 1. The summed E-state index contributed by atoms with van der Waals surface area (Å²) >= 11 is 0. The Morgan fingerprint density at radius 2 is 1.76 bits per heavy atom. The van der Waals surface area contributed by atoms with Crippen molar-refractivity contribution in [2.24, 2.45) is 23.5 Å². The molecule has 2 fully saturated rings. The standard InChI is InChI=1S/C17H21F3N2O2.ClH/c18-17(19,20)24-14-7-2-1-6-13(14)22-16(23)12-8-10-4-3-5-11(9-12)15(10)21;/h1-2,6-7,10-12,15H,3-5,8-9,21H2,(H,22,23);1H. The van der Waals surface area contributed by atoms with Crippen LogP contribution in [0.5, 0.6) is 5.75 Å². The highest BCUT2D eigenvalue weighted by atomic mass is 35.5. The van der Waals surface area contributed by atoms with Crippen molar-refractivity contribution in [3.05, 3.63) is 24.3 Å². The lowest BCUT2D eigenvalue weighted by molar-refractivity contribution is -0.274. The van der Waals surface area contributed by atoms with Crippen LogP contribution < -0.4 is 15.8 Å². The van der Waals surface area contributed by atoms with Crippen molar-refractivity contribution in [2.45, 2.75) is 44.5 Å². The number of alkyl halides is 3. The van der Waals surface area contributed by atoms with Gasteiger partial charge in [0, 0.05) is 12.0 Å². The molecule has 0 aliphatic heterocycles. The third-order valence-corrected chi connectivity index (χ3v) is 5.15. The first-order valence-corrected chi connectivity index (χ1v) is 8.24. The van der Waals surface area contributed by atoms with E-state index in [2.05, 4.69) is 10.1 Å². The zero-order chi connectivity index (χ0) is 17.3. The largest absolute Gasteiger partial charge is 0.573 e. The quantitative estimate of drug-likeness (QED) is 0.832. The van der Waals surface area contributed by atoms with Gasteiger partial charge in [0.05, 0.1) is 5.69 Å². The van der Waals surface area contributed by atoms with E-state index in [1.54, 1.807) is 6.07 Å². The van der Waals surface area contributed by atoms with Crippen molar-refractivity contribution in [1.82, 2.24) is 0 Å². The molecule has 25 heavy (non-hydrogen) atoms. The average molecular weight is 379 g/mol. The number of anilines is 1. The number of hydrogen-bond acceptors (Lipinski definition) is 3. The fourth-order valence-electron chi connectivity index (χ4n) is 4.02. The van der Waals surface area contributed by atoms with E-state index in [4.69, 9.17) is 5.73 Å². The molecule has 1 amide bonds. The summed E-state index contributed by atoms with van der Waals surface area (Å²) in [5.41, 5.74) is 6.26. The van der Waals surface area contributed by atoms with Gasteiger partial charge in [-0.1, -0.05) is 18.6 Å². The molecule has 1 aromatic rings. The van der Waals surface area contributed by atoms with Crippen LogP contribution in [-0.2, 0) is 4.79 Å². The van der Waals surface area contributed by atoms with Crippen LogP contribution in [0, 0.1) is 17.8 Å². The molecule has 2 unspecified atom stereocenters. The lowest BCUT2D eigenvalue weighted by Crippen LogP contribution is -2.48. The molecule has 2 saturated carbocycles.